The summed E-state index contributed by atoms with van der Waals surface area (Å²) in [7, 11) is 0. The molecular weight excluding hydrogens is 272 g/mol. The van der Waals surface area contributed by atoms with Crippen LogP contribution < -0.4 is 0 Å². The van der Waals surface area contributed by atoms with Crippen molar-refractivity contribution in [2.45, 2.75) is 12.8 Å². The van der Waals surface area contributed by atoms with Crippen molar-refractivity contribution in [2.24, 2.45) is 0 Å². The van der Waals surface area contributed by atoms with Gasteiger partial charge in [0.1, 0.15) is 11.5 Å². The second kappa shape index (κ2) is 6.56. The molecular formula is C16H14O5. The number of carbonyl (C=O) groups is 2. The summed E-state index contributed by atoms with van der Waals surface area (Å²) in [4.78, 5) is 23.2. The minimum atomic E-state index is -0.689. The molecule has 0 unspecified atom stereocenters. The van der Waals surface area contributed by atoms with Crippen molar-refractivity contribution in [3.05, 3.63) is 59.7 Å². The highest BCUT2D eigenvalue weighted by molar-refractivity contribution is 5.87. The maximum Gasteiger partial charge on any atom is 0.317 e. The first-order valence-corrected chi connectivity index (χ1v) is 6.32. The van der Waals surface area contributed by atoms with Gasteiger partial charge in [-0.3, -0.25) is 9.59 Å². The summed E-state index contributed by atoms with van der Waals surface area (Å²) in [5, 5.41) is 18.6. The molecule has 108 valence electrons. The average Bonchev–Trinajstić information content (AvgIpc) is 2.38. The van der Waals surface area contributed by atoms with Gasteiger partial charge in [-0.05, 0) is 35.4 Å². The van der Waals surface area contributed by atoms with Crippen molar-refractivity contribution in [3.8, 4) is 11.5 Å². The van der Waals surface area contributed by atoms with Crippen LogP contribution in [0.15, 0.2) is 48.5 Å². The molecule has 5 nitrogen and oxygen atoms in total. The number of hydrogen-bond acceptors (Lipinski definition) is 5. The molecule has 2 rings (SSSR count). The van der Waals surface area contributed by atoms with Gasteiger partial charge in [0.2, 0.25) is 0 Å². The van der Waals surface area contributed by atoms with Gasteiger partial charge >= 0.3 is 11.9 Å². The maximum absolute atomic E-state index is 11.6. The molecule has 21 heavy (non-hydrogen) atoms. The van der Waals surface area contributed by atoms with Crippen LogP contribution in [0.25, 0.3) is 0 Å². The number of phenols is 2. The smallest absolute Gasteiger partial charge is 0.317 e. The minimum Gasteiger partial charge on any atom is -0.508 e. The Balaban J connectivity index is 1.89. The number of phenolic OH excluding ortho intramolecular Hbond substituents is 2. The topological polar surface area (TPSA) is 83.8 Å². The van der Waals surface area contributed by atoms with Crippen molar-refractivity contribution in [2.75, 3.05) is 0 Å². The van der Waals surface area contributed by atoms with E-state index in [4.69, 9.17) is 4.74 Å². The maximum atomic E-state index is 11.6. The van der Waals surface area contributed by atoms with Gasteiger partial charge in [0.05, 0.1) is 12.8 Å². The molecule has 5 heteroatoms. The lowest BCUT2D eigenvalue weighted by Gasteiger charge is -2.04. The Morgan fingerprint density at radius 2 is 1.24 bits per heavy atom. The summed E-state index contributed by atoms with van der Waals surface area (Å²) in [6, 6.07) is 12.4. The zero-order chi connectivity index (χ0) is 15.2. The predicted octanol–water partition coefficient (Wildman–Crippen LogP) is 1.95. The number of rotatable bonds is 4. The highest BCUT2D eigenvalue weighted by Crippen LogP contribution is 2.13. The fraction of sp³-hybridized carbons (Fsp3) is 0.125. The molecule has 0 bridgehead atoms. The number of hydrogen-bond donors (Lipinski definition) is 2. The summed E-state index contributed by atoms with van der Waals surface area (Å²) in [5.41, 5.74) is 1.12. The van der Waals surface area contributed by atoms with E-state index in [1.165, 1.54) is 24.3 Å². The summed E-state index contributed by atoms with van der Waals surface area (Å²) in [6.45, 7) is 0. The zero-order valence-electron chi connectivity index (χ0n) is 11.2. The first-order chi connectivity index (χ1) is 10.0. The quantitative estimate of drug-likeness (QED) is 0.663. The van der Waals surface area contributed by atoms with E-state index in [0.29, 0.717) is 11.1 Å². The average molecular weight is 286 g/mol. The lowest BCUT2D eigenvalue weighted by Crippen LogP contribution is -2.16. The van der Waals surface area contributed by atoms with E-state index in [0.717, 1.165) is 0 Å². The van der Waals surface area contributed by atoms with Crippen molar-refractivity contribution >= 4 is 11.9 Å². The monoisotopic (exact) mass is 286 g/mol. The zero-order valence-corrected chi connectivity index (χ0v) is 11.2. The van der Waals surface area contributed by atoms with Crippen LogP contribution in [0.3, 0.4) is 0 Å². The van der Waals surface area contributed by atoms with E-state index in [1.54, 1.807) is 24.3 Å². The molecule has 0 fully saturated rings. The number of carbonyl (C=O) groups excluding carboxylic acids is 2. The van der Waals surface area contributed by atoms with E-state index >= 15 is 0 Å². The lowest BCUT2D eigenvalue weighted by atomic mass is 10.1. The van der Waals surface area contributed by atoms with Gasteiger partial charge in [0.25, 0.3) is 0 Å². The molecule has 0 spiro atoms. The fourth-order valence-electron chi connectivity index (χ4n) is 1.87. The number of benzene rings is 2. The summed E-state index contributed by atoms with van der Waals surface area (Å²) in [5.74, 6) is -1.28. The number of aromatic hydroxyl groups is 2. The Kier molecular flexibility index (Phi) is 4.56. The van der Waals surface area contributed by atoms with Crippen LogP contribution in [-0.2, 0) is 27.2 Å². The summed E-state index contributed by atoms with van der Waals surface area (Å²) in [6.07, 6.45) is -0.194. The van der Waals surface area contributed by atoms with Gasteiger partial charge in [0, 0.05) is 0 Å². The normalized spacial score (nSPS) is 10.1. The van der Waals surface area contributed by atoms with E-state index in [2.05, 4.69) is 0 Å². The molecule has 2 aromatic carbocycles. The third-order valence-corrected chi connectivity index (χ3v) is 2.75. The molecule has 2 N–H and O–H groups in total. The van der Waals surface area contributed by atoms with E-state index < -0.39 is 11.9 Å². The minimum absolute atomic E-state index is 0.0476. The molecule has 0 heterocycles. The third kappa shape index (κ3) is 4.65. The standard InChI is InChI=1S/C16H14O5/c17-13-5-1-3-11(7-13)9-15(19)21-16(20)10-12-4-2-6-14(18)8-12/h1-8,17-18H,9-10H2. The molecule has 0 amide bonds. The summed E-state index contributed by atoms with van der Waals surface area (Å²) < 4.78 is 4.70. The molecule has 0 radical (unpaired) electrons. The Labute approximate surface area is 121 Å². The van der Waals surface area contributed by atoms with Crippen molar-refractivity contribution in [1.29, 1.82) is 0 Å². The molecule has 0 aliphatic rings. The van der Waals surface area contributed by atoms with Crippen LogP contribution in [0.5, 0.6) is 11.5 Å². The lowest BCUT2D eigenvalue weighted by molar-refractivity contribution is -0.158. The van der Waals surface area contributed by atoms with Gasteiger partial charge in [-0.25, -0.2) is 0 Å². The van der Waals surface area contributed by atoms with E-state index in [-0.39, 0.29) is 24.3 Å². The van der Waals surface area contributed by atoms with Crippen molar-refractivity contribution in [3.63, 3.8) is 0 Å². The van der Waals surface area contributed by atoms with Crippen LogP contribution in [-0.4, -0.2) is 22.2 Å². The van der Waals surface area contributed by atoms with Gasteiger partial charge in [-0.15, -0.1) is 0 Å². The van der Waals surface area contributed by atoms with Gasteiger partial charge in [-0.2, -0.15) is 0 Å². The first kappa shape index (κ1) is 14.6. The molecule has 0 aliphatic heterocycles. The second-order valence-corrected chi connectivity index (χ2v) is 4.54. The molecule has 0 saturated carbocycles. The van der Waals surface area contributed by atoms with Crippen LogP contribution in [0.2, 0.25) is 0 Å². The van der Waals surface area contributed by atoms with Crippen LogP contribution in [0, 0.1) is 0 Å². The molecule has 0 atom stereocenters. The Morgan fingerprint density at radius 3 is 1.62 bits per heavy atom. The fourth-order valence-corrected chi connectivity index (χ4v) is 1.87. The SMILES string of the molecule is O=C(Cc1cccc(O)c1)OC(=O)Cc1cccc(O)c1. The summed E-state index contributed by atoms with van der Waals surface area (Å²) >= 11 is 0. The molecule has 0 aliphatic carbocycles. The third-order valence-electron chi connectivity index (χ3n) is 2.75. The Bertz CT molecular complexity index is 606. The highest BCUT2D eigenvalue weighted by atomic mass is 16.6. The van der Waals surface area contributed by atoms with Crippen LogP contribution in [0.1, 0.15) is 11.1 Å². The molecule has 0 saturated heterocycles. The Morgan fingerprint density at radius 1 is 0.810 bits per heavy atom. The van der Waals surface area contributed by atoms with Gasteiger partial charge in [-0.1, -0.05) is 24.3 Å². The van der Waals surface area contributed by atoms with Crippen molar-refractivity contribution < 1.29 is 24.5 Å². The van der Waals surface area contributed by atoms with Crippen LogP contribution >= 0.6 is 0 Å². The van der Waals surface area contributed by atoms with E-state index in [1.807, 2.05) is 0 Å². The van der Waals surface area contributed by atoms with Gasteiger partial charge in [0.15, 0.2) is 0 Å². The molecule has 0 aromatic heterocycles. The largest absolute Gasteiger partial charge is 0.508 e. The van der Waals surface area contributed by atoms with Crippen molar-refractivity contribution in [1.82, 2.24) is 0 Å². The second-order valence-electron chi connectivity index (χ2n) is 4.54. The first-order valence-electron chi connectivity index (χ1n) is 6.32. The number of ether oxygens (including phenoxy) is 1. The van der Waals surface area contributed by atoms with Gasteiger partial charge < -0.3 is 14.9 Å². The van der Waals surface area contributed by atoms with E-state index in [9.17, 15) is 19.8 Å². The predicted molar refractivity (Wildman–Crippen MR) is 74.7 cm³/mol. The number of esters is 2. The molecule has 2 aromatic rings. The highest BCUT2D eigenvalue weighted by Gasteiger charge is 2.12. The van der Waals surface area contributed by atoms with Crippen LogP contribution in [0.4, 0.5) is 0 Å². The Hall–Kier alpha value is -2.82.